The average Bonchev–Trinajstić information content (AvgIpc) is 2.88. The van der Waals surface area contributed by atoms with Crippen molar-refractivity contribution in [3.8, 4) is 0 Å². The van der Waals surface area contributed by atoms with E-state index in [4.69, 9.17) is 31.0 Å². The molecule has 2 aromatic rings. The molecule has 0 saturated carbocycles. The molecule has 190 valence electrons. The zero-order valence-corrected chi connectivity index (χ0v) is 21.9. The maximum atomic E-state index is 12.6. The lowest BCUT2D eigenvalue weighted by Crippen LogP contribution is -2.58. The van der Waals surface area contributed by atoms with Crippen LogP contribution in [0.2, 0.25) is 6.55 Å². The Kier molecular flexibility index (Phi) is 10.2. The summed E-state index contributed by atoms with van der Waals surface area (Å²) in [5, 5.41) is 12.2. The van der Waals surface area contributed by atoms with Crippen LogP contribution >= 0.6 is 0 Å². The molecular formula is C21H27NO11Si2. The smallest absolute Gasteiger partial charge is 0.478 e. The highest BCUT2D eigenvalue weighted by atomic mass is 28.5. The highest BCUT2D eigenvalue weighted by Gasteiger charge is 2.53. The van der Waals surface area contributed by atoms with Gasteiger partial charge in [-0.15, -0.1) is 0 Å². The van der Waals surface area contributed by atoms with Crippen molar-refractivity contribution in [2.45, 2.75) is 6.55 Å². The fraction of sp³-hybridized carbons (Fsp3) is 0.286. The SMILES string of the molecule is CO[Si](C)(OC)O[Si](OC)(OC)OCOC(=O)c1ccc(C(=O)Nc2ccccc2)cc1C(=O)O. The van der Waals surface area contributed by atoms with E-state index < -0.39 is 48.1 Å². The number of rotatable bonds is 13. The van der Waals surface area contributed by atoms with Crippen molar-refractivity contribution in [3.05, 3.63) is 65.2 Å². The van der Waals surface area contributed by atoms with Crippen LogP contribution in [0.15, 0.2) is 48.5 Å². The lowest BCUT2D eigenvalue weighted by molar-refractivity contribution is -0.0533. The number of hydrogen-bond donors (Lipinski definition) is 2. The zero-order chi connectivity index (χ0) is 26.1. The zero-order valence-electron chi connectivity index (χ0n) is 19.9. The number of hydrogen-bond acceptors (Lipinski definition) is 10. The number of aromatic carboxylic acids is 1. The van der Waals surface area contributed by atoms with Crippen LogP contribution in [0, 0.1) is 0 Å². The summed E-state index contributed by atoms with van der Waals surface area (Å²) in [6, 6.07) is 12.2. The molecule has 0 spiro atoms. The van der Waals surface area contributed by atoms with Gasteiger partial charge in [-0.1, -0.05) is 18.2 Å². The quantitative estimate of drug-likeness (QED) is 0.225. The van der Waals surface area contributed by atoms with Crippen molar-refractivity contribution < 1.29 is 50.5 Å². The van der Waals surface area contributed by atoms with Gasteiger partial charge in [-0.2, -0.15) is 0 Å². The van der Waals surface area contributed by atoms with E-state index in [-0.39, 0.29) is 11.1 Å². The van der Waals surface area contributed by atoms with Gasteiger partial charge < -0.3 is 41.4 Å². The minimum atomic E-state index is -3.82. The Labute approximate surface area is 204 Å². The molecule has 0 bridgehead atoms. The van der Waals surface area contributed by atoms with Gasteiger partial charge in [0.25, 0.3) is 5.91 Å². The third-order valence-corrected chi connectivity index (χ3v) is 10.2. The van der Waals surface area contributed by atoms with Gasteiger partial charge in [0.15, 0.2) is 6.79 Å². The van der Waals surface area contributed by atoms with Gasteiger partial charge in [0.2, 0.25) is 0 Å². The second-order valence-corrected chi connectivity index (χ2v) is 12.3. The van der Waals surface area contributed by atoms with E-state index in [0.717, 1.165) is 6.07 Å². The summed E-state index contributed by atoms with van der Waals surface area (Å²) in [6.07, 6.45) is 0. The van der Waals surface area contributed by atoms with Gasteiger partial charge >= 0.3 is 29.8 Å². The van der Waals surface area contributed by atoms with Crippen molar-refractivity contribution in [1.29, 1.82) is 0 Å². The molecule has 2 aromatic carbocycles. The van der Waals surface area contributed by atoms with E-state index in [2.05, 4.69) is 5.32 Å². The molecule has 35 heavy (non-hydrogen) atoms. The molecule has 14 heteroatoms. The number of amides is 1. The first kappa shape index (κ1) is 28.3. The van der Waals surface area contributed by atoms with Crippen LogP contribution in [-0.4, -0.2) is 76.0 Å². The molecule has 2 N–H and O–H groups in total. The summed E-state index contributed by atoms with van der Waals surface area (Å²) in [5.41, 5.74) is -0.135. The van der Waals surface area contributed by atoms with Crippen molar-refractivity contribution >= 4 is 41.4 Å². The Bertz CT molecular complexity index is 1030. The minimum absolute atomic E-state index is 0.0426. The molecule has 0 aliphatic carbocycles. The molecule has 0 aromatic heterocycles. The van der Waals surface area contributed by atoms with Crippen LogP contribution in [-0.2, 0) is 31.0 Å². The summed E-state index contributed by atoms with van der Waals surface area (Å²) in [7, 11) is -1.65. The van der Waals surface area contributed by atoms with Crippen LogP contribution in [0.5, 0.6) is 0 Å². The van der Waals surface area contributed by atoms with Gasteiger partial charge in [-0.05, 0) is 30.3 Å². The number of benzene rings is 2. The standard InChI is InChI=1S/C21H27NO11Si2/c1-27-34(5,28-2)33-35(29-3,30-4)32-14-31-21(26)17-12-11-15(13-18(17)20(24)25)19(23)22-16-9-7-6-8-10-16/h6-13H,14H2,1-5H3,(H,22,23)(H,24,25). The number of para-hydroxylation sites is 1. The maximum absolute atomic E-state index is 12.6. The van der Waals surface area contributed by atoms with E-state index in [1.54, 1.807) is 36.9 Å². The van der Waals surface area contributed by atoms with Crippen LogP contribution in [0.25, 0.3) is 0 Å². The number of carbonyl (C=O) groups is 3. The molecule has 0 radical (unpaired) electrons. The predicted octanol–water partition coefficient (Wildman–Crippen LogP) is 2.37. The molecule has 0 unspecified atom stereocenters. The number of carbonyl (C=O) groups excluding carboxylic acids is 2. The molecule has 12 nitrogen and oxygen atoms in total. The van der Waals surface area contributed by atoms with Crippen LogP contribution in [0.3, 0.4) is 0 Å². The number of esters is 1. The van der Waals surface area contributed by atoms with E-state index in [1.807, 2.05) is 0 Å². The van der Waals surface area contributed by atoms with Crippen LogP contribution in [0.1, 0.15) is 31.1 Å². The lowest BCUT2D eigenvalue weighted by Gasteiger charge is -2.31. The molecule has 0 saturated heterocycles. The molecule has 0 aliphatic heterocycles. The summed E-state index contributed by atoms with van der Waals surface area (Å²) < 4.78 is 37.2. The van der Waals surface area contributed by atoms with Crippen molar-refractivity contribution in [2.75, 3.05) is 40.5 Å². The number of carboxylic acid groups (broad SMARTS) is 1. The highest BCUT2D eigenvalue weighted by Crippen LogP contribution is 2.20. The first-order valence-corrected chi connectivity index (χ1v) is 13.9. The van der Waals surface area contributed by atoms with E-state index in [9.17, 15) is 19.5 Å². The van der Waals surface area contributed by atoms with Crippen molar-refractivity contribution in [2.24, 2.45) is 0 Å². The number of ether oxygens (including phenoxy) is 1. The predicted molar refractivity (Wildman–Crippen MR) is 126 cm³/mol. The fourth-order valence-corrected chi connectivity index (χ4v) is 6.86. The van der Waals surface area contributed by atoms with Crippen LogP contribution in [0.4, 0.5) is 5.69 Å². The molecule has 2 rings (SSSR count). The fourth-order valence-electron chi connectivity index (χ4n) is 2.71. The Morgan fingerprint density at radius 2 is 1.51 bits per heavy atom. The second-order valence-electron chi connectivity index (χ2n) is 6.86. The van der Waals surface area contributed by atoms with Gasteiger partial charge in [0, 0.05) is 46.2 Å². The first-order chi connectivity index (χ1) is 16.6. The summed E-state index contributed by atoms with van der Waals surface area (Å²) in [6.45, 7) is 0.900. The Morgan fingerprint density at radius 1 is 0.886 bits per heavy atom. The van der Waals surface area contributed by atoms with E-state index in [1.165, 1.54) is 40.6 Å². The monoisotopic (exact) mass is 525 g/mol. The summed E-state index contributed by atoms with van der Waals surface area (Å²) in [5.74, 6) is -2.97. The topological polar surface area (TPSA) is 148 Å². The average molecular weight is 526 g/mol. The number of nitrogens with one attached hydrogen (secondary N) is 1. The lowest BCUT2D eigenvalue weighted by atomic mass is 10.0. The Balaban J connectivity index is 2.13. The van der Waals surface area contributed by atoms with Gasteiger partial charge in [-0.3, -0.25) is 4.79 Å². The van der Waals surface area contributed by atoms with E-state index in [0.29, 0.717) is 5.69 Å². The van der Waals surface area contributed by atoms with Gasteiger partial charge in [-0.25, -0.2) is 9.59 Å². The third kappa shape index (κ3) is 7.51. The molecule has 0 atom stereocenters. The van der Waals surface area contributed by atoms with Crippen molar-refractivity contribution in [3.63, 3.8) is 0 Å². The maximum Gasteiger partial charge on any atom is 0.674 e. The first-order valence-electron chi connectivity index (χ1n) is 10.1. The van der Waals surface area contributed by atoms with Gasteiger partial charge in [0.05, 0.1) is 11.1 Å². The number of carboxylic acids is 1. The summed E-state index contributed by atoms with van der Waals surface area (Å²) >= 11 is 0. The normalized spacial score (nSPS) is 11.7. The minimum Gasteiger partial charge on any atom is -0.478 e. The van der Waals surface area contributed by atoms with Crippen molar-refractivity contribution in [1.82, 2.24) is 0 Å². The van der Waals surface area contributed by atoms with E-state index >= 15 is 0 Å². The summed E-state index contributed by atoms with van der Waals surface area (Å²) in [4.78, 5) is 36.8. The Morgan fingerprint density at radius 3 is 2.06 bits per heavy atom. The highest BCUT2D eigenvalue weighted by molar-refractivity contribution is 6.71. The van der Waals surface area contributed by atoms with Gasteiger partial charge in [0.1, 0.15) is 0 Å². The third-order valence-electron chi connectivity index (χ3n) is 4.74. The van der Waals surface area contributed by atoms with Crippen LogP contribution < -0.4 is 5.32 Å². The Hall–Kier alpha value is -2.96. The molecule has 0 fully saturated rings. The molecule has 1 amide bonds. The second kappa shape index (κ2) is 12.7. The molecular weight excluding hydrogens is 498 g/mol. The number of anilines is 1. The molecule has 0 heterocycles. The largest absolute Gasteiger partial charge is 0.674 e. The molecule has 0 aliphatic rings.